The number of ether oxygens (including phenoxy) is 1. The fourth-order valence-corrected chi connectivity index (χ4v) is 2.23. The number of carbonyl (C=O) groups excluding carboxylic acids is 1. The predicted octanol–water partition coefficient (Wildman–Crippen LogP) is 2.41. The molecule has 0 radical (unpaired) electrons. The number of methoxy groups -OCH3 is 1. The maximum atomic E-state index is 11.6. The van der Waals surface area contributed by atoms with E-state index in [2.05, 4.69) is 21.1 Å². The molecule has 0 amide bonds. The van der Waals surface area contributed by atoms with Gasteiger partial charge in [0, 0.05) is 10.9 Å². The van der Waals surface area contributed by atoms with Crippen LogP contribution in [0.3, 0.4) is 0 Å². The van der Waals surface area contributed by atoms with E-state index in [9.17, 15) is 4.79 Å². The molecule has 5 heteroatoms. The second-order valence-corrected chi connectivity index (χ2v) is 3.91. The van der Waals surface area contributed by atoms with Gasteiger partial charge in [-0.2, -0.15) is 0 Å². The highest BCUT2D eigenvalue weighted by molar-refractivity contribution is 9.08. The molecule has 0 heterocycles. The number of rotatable bonds is 4. The van der Waals surface area contributed by atoms with E-state index in [0.29, 0.717) is 5.33 Å². The first-order chi connectivity index (χ1) is 8.15. The molecule has 0 unspecified atom stereocenters. The van der Waals surface area contributed by atoms with Gasteiger partial charge in [-0.05, 0) is 18.1 Å². The molecule has 17 heavy (non-hydrogen) atoms. The van der Waals surface area contributed by atoms with E-state index >= 15 is 0 Å². The standard InChI is InChI=1S/C12H14BrNO3/c1-8-5-4-6-9(10(8)7-13)11(14-17-3)12(15)16-2/h4-6H,7H2,1-3H3/b14-11+. The number of esters is 1. The van der Waals surface area contributed by atoms with Gasteiger partial charge < -0.3 is 9.57 Å². The number of halogens is 1. The van der Waals surface area contributed by atoms with Crippen LogP contribution in [-0.4, -0.2) is 25.9 Å². The summed E-state index contributed by atoms with van der Waals surface area (Å²) in [6, 6.07) is 5.66. The summed E-state index contributed by atoms with van der Waals surface area (Å²) in [4.78, 5) is 16.3. The minimum atomic E-state index is -0.514. The van der Waals surface area contributed by atoms with Gasteiger partial charge in [0.2, 0.25) is 0 Å². The second kappa shape index (κ2) is 6.39. The average molecular weight is 300 g/mol. The predicted molar refractivity (Wildman–Crippen MR) is 69.4 cm³/mol. The third-order valence-electron chi connectivity index (χ3n) is 2.36. The lowest BCUT2D eigenvalue weighted by Gasteiger charge is -2.10. The Morgan fingerprint density at radius 2 is 2.12 bits per heavy atom. The van der Waals surface area contributed by atoms with Gasteiger partial charge in [0.05, 0.1) is 7.11 Å². The van der Waals surface area contributed by atoms with Crippen LogP contribution in [-0.2, 0) is 19.7 Å². The van der Waals surface area contributed by atoms with E-state index in [0.717, 1.165) is 16.7 Å². The maximum absolute atomic E-state index is 11.6. The molecule has 92 valence electrons. The molecule has 1 aromatic rings. The maximum Gasteiger partial charge on any atom is 0.360 e. The SMILES string of the molecule is CO/N=C(/C(=O)OC)c1cccc(C)c1CBr. The highest BCUT2D eigenvalue weighted by atomic mass is 79.9. The molecule has 0 fully saturated rings. The molecule has 0 aliphatic carbocycles. The molecular weight excluding hydrogens is 286 g/mol. The van der Waals surface area contributed by atoms with Crippen molar-refractivity contribution in [1.82, 2.24) is 0 Å². The molecule has 0 saturated heterocycles. The fraction of sp³-hybridized carbons (Fsp3) is 0.333. The summed E-state index contributed by atoms with van der Waals surface area (Å²) in [5, 5.41) is 4.37. The van der Waals surface area contributed by atoms with Crippen LogP contribution in [0.2, 0.25) is 0 Å². The second-order valence-electron chi connectivity index (χ2n) is 3.35. The largest absolute Gasteiger partial charge is 0.464 e. The number of benzene rings is 1. The van der Waals surface area contributed by atoms with Crippen molar-refractivity contribution in [2.24, 2.45) is 5.16 Å². The molecule has 0 spiro atoms. The van der Waals surface area contributed by atoms with Gasteiger partial charge in [-0.25, -0.2) is 4.79 Å². The van der Waals surface area contributed by atoms with Gasteiger partial charge in [0.25, 0.3) is 0 Å². The molecule has 0 N–H and O–H groups in total. The minimum absolute atomic E-state index is 0.174. The highest BCUT2D eigenvalue weighted by Gasteiger charge is 2.19. The van der Waals surface area contributed by atoms with E-state index in [1.165, 1.54) is 14.2 Å². The van der Waals surface area contributed by atoms with Crippen LogP contribution >= 0.6 is 15.9 Å². The number of carbonyl (C=O) groups is 1. The first-order valence-corrected chi connectivity index (χ1v) is 6.12. The minimum Gasteiger partial charge on any atom is -0.464 e. The van der Waals surface area contributed by atoms with Crippen LogP contribution in [0.4, 0.5) is 0 Å². The molecule has 1 aromatic carbocycles. The van der Waals surface area contributed by atoms with Crippen LogP contribution in [0.25, 0.3) is 0 Å². The lowest BCUT2D eigenvalue weighted by molar-refractivity contribution is -0.132. The molecule has 0 saturated carbocycles. The van der Waals surface area contributed by atoms with Crippen molar-refractivity contribution < 1.29 is 14.4 Å². The molecule has 0 aliphatic heterocycles. The molecule has 4 nitrogen and oxygen atoms in total. The van der Waals surface area contributed by atoms with Crippen molar-refractivity contribution in [2.75, 3.05) is 14.2 Å². The zero-order valence-electron chi connectivity index (χ0n) is 9.99. The lowest BCUT2D eigenvalue weighted by atomic mass is 10.00. The summed E-state index contributed by atoms with van der Waals surface area (Å²) in [5.41, 5.74) is 2.96. The van der Waals surface area contributed by atoms with Gasteiger partial charge in [-0.15, -0.1) is 0 Å². The number of hydrogen-bond acceptors (Lipinski definition) is 4. The Hall–Kier alpha value is -1.36. The molecular formula is C12H14BrNO3. The first-order valence-electron chi connectivity index (χ1n) is 5.00. The molecule has 1 rings (SSSR count). The average Bonchev–Trinajstić information content (AvgIpc) is 2.34. The highest BCUT2D eigenvalue weighted by Crippen LogP contribution is 2.19. The van der Waals surface area contributed by atoms with Crippen molar-refractivity contribution in [3.8, 4) is 0 Å². The van der Waals surface area contributed by atoms with Gasteiger partial charge in [-0.3, -0.25) is 0 Å². The third kappa shape index (κ3) is 3.06. The number of alkyl halides is 1. The molecule has 0 atom stereocenters. The Bertz CT molecular complexity index is 443. The van der Waals surface area contributed by atoms with Gasteiger partial charge in [0.15, 0.2) is 5.71 Å². The van der Waals surface area contributed by atoms with Gasteiger partial charge in [0.1, 0.15) is 7.11 Å². The normalized spacial score (nSPS) is 11.2. The van der Waals surface area contributed by atoms with E-state index in [1.807, 2.05) is 25.1 Å². The van der Waals surface area contributed by atoms with E-state index in [1.54, 1.807) is 0 Å². The fourth-order valence-electron chi connectivity index (χ4n) is 1.49. The number of aryl methyl sites for hydroxylation is 1. The monoisotopic (exact) mass is 299 g/mol. The van der Waals surface area contributed by atoms with Crippen LogP contribution in [0.5, 0.6) is 0 Å². The topological polar surface area (TPSA) is 47.9 Å². The van der Waals surface area contributed by atoms with Crippen LogP contribution in [0.15, 0.2) is 23.4 Å². The summed E-state index contributed by atoms with van der Waals surface area (Å²) in [5.74, 6) is -0.514. The zero-order chi connectivity index (χ0) is 12.8. The van der Waals surface area contributed by atoms with Crippen molar-refractivity contribution in [3.63, 3.8) is 0 Å². The van der Waals surface area contributed by atoms with E-state index in [4.69, 9.17) is 9.57 Å². The van der Waals surface area contributed by atoms with Gasteiger partial charge >= 0.3 is 5.97 Å². The quantitative estimate of drug-likeness (QED) is 0.371. The number of oxime groups is 1. The van der Waals surface area contributed by atoms with Gasteiger partial charge in [-0.1, -0.05) is 39.3 Å². The summed E-state index contributed by atoms with van der Waals surface area (Å²) in [6.45, 7) is 1.97. The molecule has 0 bridgehead atoms. The summed E-state index contributed by atoms with van der Waals surface area (Å²) < 4.78 is 4.69. The number of nitrogens with zero attached hydrogens (tertiary/aromatic N) is 1. The Kier molecular flexibility index (Phi) is 5.15. The zero-order valence-corrected chi connectivity index (χ0v) is 11.6. The van der Waals surface area contributed by atoms with Crippen molar-refractivity contribution >= 4 is 27.6 Å². The Balaban J connectivity index is 3.33. The van der Waals surface area contributed by atoms with E-state index in [-0.39, 0.29) is 5.71 Å². The summed E-state index contributed by atoms with van der Waals surface area (Å²) >= 11 is 3.40. The van der Waals surface area contributed by atoms with Crippen LogP contribution < -0.4 is 0 Å². The Morgan fingerprint density at radius 1 is 1.41 bits per heavy atom. The van der Waals surface area contributed by atoms with Crippen molar-refractivity contribution in [2.45, 2.75) is 12.3 Å². The third-order valence-corrected chi connectivity index (χ3v) is 2.92. The van der Waals surface area contributed by atoms with Crippen molar-refractivity contribution in [1.29, 1.82) is 0 Å². The summed E-state index contributed by atoms with van der Waals surface area (Å²) in [7, 11) is 2.71. The Labute approximate surface area is 109 Å². The van der Waals surface area contributed by atoms with Crippen molar-refractivity contribution in [3.05, 3.63) is 34.9 Å². The number of hydrogen-bond donors (Lipinski definition) is 0. The molecule has 0 aromatic heterocycles. The van der Waals surface area contributed by atoms with Crippen LogP contribution in [0.1, 0.15) is 16.7 Å². The Morgan fingerprint density at radius 3 is 2.65 bits per heavy atom. The van der Waals surface area contributed by atoms with Crippen LogP contribution in [0, 0.1) is 6.92 Å². The molecule has 0 aliphatic rings. The van der Waals surface area contributed by atoms with E-state index < -0.39 is 5.97 Å². The smallest absolute Gasteiger partial charge is 0.360 e. The lowest BCUT2D eigenvalue weighted by Crippen LogP contribution is -2.19. The summed E-state index contributed by atoms with van der Waals surface area (Å²) in [6.07, 6.45) is 0. The first kappa shape index (κ1) is 13.7.